The highest BCUT2D eigenvalue weighted by molar-refractivity contribution is 5.79. The third-order valence-corrected chi connectivity index (χ3v) is 2.41. The molecule has 0 saturated carbocycles. The second-order valence-electron chi connectivity index (χ2n) is 3.86. The lowest BCUT2D eigenvalue weighted by Crippen LogP contribution is -2.13. The van der Waals surface area contributed by atoms with E-state index in [4.69, 9.17) is 0 Å². The van der Waals surface area contributed by atoms with Crippen LogP contribution >= 0.6 is 0 Å². The van der Waals surface area contributed by atoms with Gasteiger partial charge in [-0.05, 0) is 24.6 Å². The molecule has 0 N–H and O–H groups in total. The van der Waals surface area contributed by atoms with Crippen LogP contribution in [0.3, 0.4) is 0 Å². The van der Waals surface area contributed by atoms with Crippen molar-refractivity contribution in [1.29, 1.82) is 0 Å². The molecule has 0 aliphatic heterocycles. The van der Waals surface area contributed by atoms with Gasteiger partial charge < -0.3 is 9.47 Å². The zero-order valence-corrected chi connectivity index (χ0v) is 11.1. The summed E-state index contributed by atoms with van der Waals surface area (Å²) in [5.74, 6) is 0.991. The van der Waals surface area contributed by atoms with Crippen molar-refractivity contribution in [2.45, 2.75) is 20.8 Å². The van der Waals surface area contributed by atoms with Gasteiger partial charge in [-0.1, -0.05) is 19.9 Å². The Morgan fingerprint density at radius 2 is 1.81 bits per heavy atom. The quantitative estimate of drug-likeness (QED) is 0.735. The van der Waals surface area contributed by atoms with Gasteiger partial charge in [0.05, 0.1) is 11.0 Å². The summed E-state index contributed by atoms with van der Waals surface area (Å²) in [5.41, 5.74) is 3.50. The fraction of sp³-hybridized carbons (Fsp3) is 0.462. The first-order valence-corrected chi connectivity index (χ1v) is 5.70. The van der Waals surface area contributed by atoms with Crippen LogP contribution in [0.2, 0.25) is 0 Å². The van der Waals surface area contributed by atoms with E-state index in [9.17, 15) is 0 Å². The van der Waals surface area contributed by atoms with Crippen molar-refractivity contribution < 1.29 is 0 Å². The molecule has 1 aromatic heterocycles. The Morgan fingerprint density at radius 3 is 2.38 bits per heavy atom. The van der Waals surface area contributed by atoms with Crippen LogP contribution in [0.25, 0.3) is 11.0 Å². The number of hydrogen-bond donors (Lipinski definition) is 0. The molecule has 1 aromatic carbocycles. The topological polar surface area (TPSA) is 21.1 Å². The van der Waals surface area contributed by atoms with Gasteiger partial charge >= 0.3 is 0 Å². The molecule has 0 bridgehead atoms. The summed E-state index contributed by atoms with van der Waals surface area (Å²) in [7, 11) is 6.06. The maximum atomic E-state index is 4.56. The van der Waals surface area contributed by atoms with Crippen molar-refractivity contribution in [3.8, 4) is 0 Å². The van der Waals surface area contributed by atoms with Gasteiger partial charge in [0.1, 0.15) is 0 Å². The fourth-order valence-electron chi connectivity index (χ4n) is 1.70. The Bertz CT molecular complexity index is 469. The maximum absolute atomic E-state index is 4.56. The highest BCUT2D eigenvalue weighted by Gasteiger charge is 2.08. The largest absolute Gasteiger partial charge is 0.348 e. The fourth-order valence-corrected chi connectivity index (χ4v) is 1.70. The molecule has 2 rings (SSSR count). The number of hydrogen-bond acceptors (Lipinski definition) is 2. The van der Waals surface area contributed by atoms with E-state index in [1.54, 1.807) is 0 Å². The van der Waals surface area contributed by atoms with E-state index < -0.39 is 0 Å². The number of aryl methyl sites for hydroxylation is 2. The third-order valence-electron chi connectivity index (χ3n) is 2.41. The number of anilines is 1. The van der Waals surface area contributed by atoms with Crippen LogP contribution in [0.1, 0.15) is 19.4 Å². The predicted molar refractivity (Wildman–Crippen MR) is 71.1 cm³/mol. The molecule has 0 atom stereocenters. The molecule has 88 valence electrons. The van der Waals surface area contributed by atoms with Gasteiger partial charge in [0.25, 0.3) is 0 Å². The van der Waals surface area contributed by atoms with Crippen molar-refractivity contribution in [2.24, 2.45) is 7.05 Å². The zero-order valence-electron chi connectivity index (χ0n) is 11.1. The molecule has 16 heavy (non-hydrogen) atoms. The summed E-state index contributed by atoms with van der Waals surface area (Å²) < 4.78 is 2.11. The van der Waals surface area contributed by atoms with E-state index in [0.29, 0.717) is 0 Å². The van der Waals surface area contributed by atoms with Gasteiger partial charge in [0.15, 0.2) is 0 Å². The van der Waals surface area contributed by atoms with Crippen LogP contribution in [-0.2, 0) is 7.05 Å². The average Bonchev–Trinajstić information content (AvgIpc) is 2.58. The second kappa shape index (κ2) is 5.01. The van der Waals surface area contributed by atoms with Crippen molar-refractivity contribution in [1.82, 2.24) is 9.55 Å². The lowest BCUT2D eigenvalue weighted by molar-refractivity contribution is 0.890. The zero-order chi connectivity index (χ0) is 12.3. The number of benzene rings is 1. The highest BCUT2D eigenvalue weighted by atomic mass is 15.3. The van der Waals surface area contributed by atoms with E-state index in [1.165, 1.54) is 11.1 Å². The van der Waals surface area contributed by atoms with Gasteiger partial charge in [0, 0.05) is 21.1 Å². The lowest BCUT2D eigenvalue weighted by atomic mass is 10.2. The molecule has 0 fully saturated rings. The minimum atomic E-state index is 0.991. The number of nitrogens with zero attached hydrogens (tertiary/aromatic N) is 3. The predicted octanol–water partition coefficient (Wildman–Crippen LogP) is 2.97. The van der Waals surface area contributed by atoms with E-state index in [1.807, 2.05) is 39.9 Å². The highest BCUT2D eigenvalue weighted by Crippen LogP contribution is 2.20. The summed E-state index contributed by atoms with van der Waals surface area (Å²) in [6.07, 6.45) is 0. The minimum Gasteiger partial charge on any atom is -0.348 e. The van der Waals surface area contributed by atoms with Crippen LogP contribution in [0, 0.1) is 6.92 Å². The SMILES string of the molecule is CC.Cc1ccc2c(c1)nc(N(C)C)n2C. The van der Waals surface area contributed by atoms with E-state index in [-0.39, 0.29) is 0 Å². The van der Waals surface area contributed by atoms with Crippen molar-refractivity contribution in [3.05, 3.63) is 23.8 Å². The standard InChI is InChI=1S/C11H15N3.C2H6/c1-8-5-6-10-9(7-8)12-11(13(2)3)14(10)4;1-2/h5-7H,1-4H3;1-2H3. The summed E-state index contributed by atoms with van der Waals surface area (Å²) >= 11 is 0. The lowest BCUT2D eigenvalue weighted by Gasteiger charge is -2.10. The molecule has 0 amide bonds. The van der Waals surface area contributed by atoms with E-state index in [2.05, 4.69) is 34.7 Å². The molecule has 0 aliphatic rings. The van der Waals surface area contributed by atoms with Crippen LogP contribution in [0.4, 0.5) is 5.95 Å². The number of aromatic nitrogens is 2. The molecule has 3 nitrogen and oxygen atoms in total. The average molecular weight is 219 g/mol. The van der Waals surface area contributed by atoms with E-state index >= 15 is 0 Å². The molecular weight excluding hydrogens is 198 g/mol. The van der Waals surface area contributed by atoms with Crippen LogP contribution in [0.15, 0.2) is 18.2 Å². The summed E-state index contributed by atoms with van der Waals surface area (Å²) in [4.78, 5) is 6.58. The molecule has 0 spiro atoms. The molecule has 0 saturated heterocycles. The van der Waals surface area contributed by atoms with Gasteiger partial charge in [0.2, 0.25) is 5.95 Å². The Hall–Kier alpha value is -1.51. The third kappa shape index (κ3) is 2.18. The summed E-state index contributed by atoms with van der Waals surface area (Å²) in [5, 5.41) is 0. The van der Waals surface area contributed by atoms with Gasteiger partial charge in [-0.3, -0.25) is 0 Å². The normalized spacial score (nSPS) is 9.88. The summed E-state index contributed by atoms with van der Waals surface area (Å²) in [6.45, 7) is 6.09. The molecule has 0 unspecified atom stereocenters. The smallest absolute Gasteiger partial charge is 0.205 e. The Morgan fingerprint density at radius 1 is 1.19 bits per heavy atom. The van der Waals surface area contributed by atoms with Crippen molar-refractivity contribution in [2.75, 3.05) is 19.0 Å². The van der Waals surface area contributed by atoms with Crippen molar-refractivity contribution >= 4 is 17.0 Å². The van der Waals surface area contributed by atoms with Crippen LogP contribution in [-0.4, -0.2) is 23.6 Å². The Balaban J connectivity index is 0.000000606. The molecule has 3 heteroatoms. The first-order valence-electron chi connectivity index (χ1n) is 5.70. The first-order chi connectivity index (χ1) is 7.59. The van der Waals surface area contributed by atoms with Crippen molar-refractivity contribution in [3.63, 3.8) is 0 Å². The molecule has 0 aliphatic carbocycles. The number of fused-ring (bicyclic) bond motifs is 1. The number of imidazole rings is 1. The first kappa shape index (κ1) is 12.6. The van der Waals surface area contributed by atoms with E-state index in [0.717, 1.165) is 11.5 Å². The Kier molecular flexibility index (Phi) is 3.93. The Labute approximate surface area is 97.7 Å². The maximum Gasteiger partial charge on any atom is 0.205 e. The van der Waals surface area contributed by atoms with Gasteiger partial charge in [-0.25, -0.2) is 4.98 Å². The van der Waals surface area contributed by atoms with Gasteiger partial charge in [-0.2, -0.15) is 0 Å². The van der Waals surface area contributed by atoms with Crippen LogP contribution in [0.5, 0.6) is 0 Å². The molecule has 2 aromatic rings. The monoisotopic (exact) mass is 219 g/mol. The molecule has 0 radical (unpaired) electrons. The summed E-state index contributed by atoms with van der Waals surface area (Å²) in [6, 6.07) is 6.34. The molecule has 1 heterocycles. The minimum absolute atomic E-state index is 0.991. The second-order valence-corrected chi connectivity index (χ2v) is 3.86. The number of rotatable bonds is 1. The molecular formula is C13H21N3. The van der Waals surface area contributed by atoms with Crippen LogP contribution < -0.4 is 4.90 Å². The van der Waals surface area contributed by atoms with Gasteiger partial charge in [-0.15, -0.1) is 0 Å².